The number of benzene rings is 3. The monoisotopic (exact) mass is 509 g/mol. The maximum Gasteiger partial charge on any atom is 0.227 e. The van der Waals surface area contributed by atoms with Crippen molar-refractivity contribution in [2.75, 3.05) is 18.1 Å². The summed E-state index contributed by atoms with van der Waals surface area (Å²) in [5.74, 6) is 2.06. The van der Waals surface area contributed by atoms with Gasteiger partial charge < -0.3 is 14.2 Å². The average Bonchev–Trinajstić information content (AvgIpc) is 3.39. The van der Waals surface area contributed by atoms with Crippen molar-refractivity contribution in [1.29, 1.82) is 0 Å². The Balaban J connectivity index is 0.00000289. The van der Waals surface area contributed by atoms with Crippen LogP contribution >= 0.6 is 24.0 Å². The van der Waals surface area contributed by atoms with Crippen LogP contribution in [0.5, 0.6) is 5.75 Å². The van der Waals surface area contributed by atoms with Crippen LogP contribution in [0.3, 0.4) is 0 Å². The Hall–Kier alpha value is -3.02. The maximum atomic E-state index is 12.9. The van der Waals surface area contributed by atoms with Gasteiger partial charge in [-0.2, -0.15) is 0 Å². The summed E-state index contributed by atoms with van der Waals surface area (Å²) in [6, 6.07) is 21.9. The number of fused-ring (bicyclic) bond motifs is 1. The maximum absolute atomic E-state index is 12.9. The lowest BCUT2D eigenvalue weighted by Crippen LogP contribution is -2.24. The van der Waals surface area contributed by atoms with E-state index in [1.807, 2.05) is 47.4 Å². The van der Waals surface area contributed by atoms with Gasteiger partial charge in [-0.05, 0) is 61.7 Å². The molecule has 7 heteroatoms. The van der Waals surface area contributed by atoms with Gasteiger partial charge in [0.15, 0.2) is 0 Å². The van der Waals surface area contributed by atoms with Gasteiger partial charge >= 0.3 is 0 Å². The lowest BCUT2D eigenvalue weighted by Gasteiger charge is -2.18. The summed E-state index contributed by atoms with van der Waals surface area (Å²) in [5.41, 5.74) is 5.20. The van der Waals surface area contributed by atoms with Crippen molar-refractivity contribution in [3.05, 3.63) is 88.7 Å². The van der Waals surface area contributed by atoms with Gasteiger partial charge in [0.25, 0.3) is 0 Å². The molecule has 4 aromatic rings. The molecule has 1 atom stereocenters. The number of anilines is 1. The standard InChI is InChI=1S/C28H28ClN3O2.ClH/c1-19-8-5-9-20(2)27(19)34-15-7-14-31-25-13-4-3-12-24(25)30-28(31)21-16-26(33)32(18-21)23-11-6-10-22(29)17-23;/h3-6,8-13,17,21H,7,14-16,18H2,1-2H3;1H. The topological polar surface area (TPSA) is 47.4 Å². The zero-order valence-electron chi connectivity index (χ0n) is 19.9. The van der Waals surface area contributed by atoms with E-state index in [0.29, 0.717) is 24.6 Å². The second-order valence-corrected chi connectivity index (χ2v) is 9.36. The molecule has 0 spiro atoms. The molecule has 1 aliphatic rings. The summed E-state index contributed by atoms with van der Waals surface area (Å²) < 4.78 is 8.40. The van der Waals surface area contributed by atoms with E-state index >= 15 is 0 Å². The van der Waals surface area contributed by atoms with Crippen molar-refractivity contribution in [3.63, 3.8) is 0 Å². The van der Waals surface area contributed by atoms with Crippen molar-refractivity contribution in [2.45, 2.75) is 39.2 Å². The third kappa shape index (κ3) is 5.16. The highest BCUT2D eigenvalue weighted by molar-refractivity contribution is 6.30. The van der Waals surface area contributed by atoms with Crippen LogP contribution in [0.4, 0.5) is 5.69 Å². The molecule has 182 valence electrons. The number of hydrogen-bond acceptors (Lipinski definition) is 3. The number of halogens is 2. The number of ether oxygens (including phenoxy) is 1. The molecule has 1 aromatic heterocycles. The Morgan fingerprint density at radius 1 is 1.03 bits per heavy atom. The summed E-state index contributed by atoms with van der Waals surface area (Å²) in [5, 5.41) is 0.630. The van der Waals surface area contributed by atoms with Gasteiger partial charge in [0.05, 0.1) is 17.6 Å². The van der Waals surface area contributed by atoms with E-state index in [1.54, 1.807) is 0 Å². The minimum atomic E-state index is 0. The Morgan fingerprint density at radius 2 is 1.77 bits per heavy atom. The van der Waals surface area contributed by atoms with Gasteiger partial charge in [0.1, 0.15) is 11.6 Å². The van der Waals surface area contributed by atoms with Gasteiger partial charge in [-0.25, -0.2) is 4.98 Å². The van der Waals surface area contributed by atoms with Crippen LogP contribution in [-0.2, 0) is 11.3 Å². The largest absolute Gasteiger partial charge is 0.493 e. The third-order valence-electron chi connectivity index (χ3n) is 6.48. The summed E-state index contributed by atoms with van der Waals surface area (Å²) in [7, 11) is 0. The zero-order valence-corrected chi connectivity index (χ0v) is 21.5. The Kier molecular flexibility index (Phi) is 7.68. The van der Waals surface area contributed by atoms with Crippen molar-refractivity contribution in [1.82, 2.24) is 9.55 Å². The number of amides is 1. The van der Waals surface area contributed by atoms with Gasteiger partial charge in [-0.3, -0.25) is 4.79 Å². The van der Waals surface area contributed by atoms with Gasteiger partial charge in [-0.15, -0.1) is 12.4 Å². The molecule has 0 radical (unpaired) electrons. The summed E-state index contributed by atoms with van der Waals surface area (Å²) in [4.78, 5) is 19.7. The molecular formula is C28H29Cl2N3O2. The SMILES string of the molecule is Cc1cccc(C)c1OCCCn1c(C2CC(=O)N(c3cccc(Cl)c3)C2)nc2ccccc21.Cl. The predicted octanol–water partition coefficient (Wildman–Crippen LogP) is 6.72. The van der Waals surface area contributed by atoms with E-state index in [-0.39, 0.29) is 24.2 Å². The Labute approximate surface area is 217 Å². The average molecular weight is 510 g/mol. The number of carbonyl (C=O) groups excluding carboxylic acids is 1. The fourth-order valence-corrected chi connectivity index (χ4v) is 5.02. The van der Waals surface area contributed by atoms with E-state index in [1.165, 1.54) is 0 Å². The zero-order chi connectivity index (χ0) is 23.7. The van der Waals surface area contributed by atoms with Gasteiger partial charge in [0, 0.05) is 36.1 Å². The second kappa shape index (κ2) is 10.7. The summed E-state index contributed by atoms with van der Waals surface area (Å²) in [6.45, 7) is 6.15. The first-order valence-electron chi connectivity index (χ1n) is 11.7. The first-order chi connectivity index (χ1) is 16.5. The molecule has 0 saturated carbocycles. The number of para-hydroxylation sites is 3. The fourth-order valence-electron chi connectivity index (χ4n) is 4.84. The fraction of sp³-hybridized carbons (Fsp3) is 0.286. The smallest absolute Gasteiger partial charge is 0.227 e. The van der Waals surface area contributed by atoms with Crippen LogP contribution in [0.1, 0.15) is 35.7 Å². The third-order valence-corrected chi connectivity index (χ3v) is 6.71. The molecule has 5 rings (SSSR count). The van der Waals surface area contributed by atoms with E-state index in [9.17, 15) is 4.79 Å². The highest BCUT2D eigenvalue weighted by atomic mass is 35.5. The highest BCUT2D eigenvalue weighted by Gasteiger charge is 2.34. The molecule has 1 fully saturated rings. The van der Waals surface area contributed by atoms with E-state index in [0.717, 1.165) is 52.4 Å². The van der Waals surface area contributed by atoms with Gasteiger partial charge in [0.2, 0.25) is 5.91 Å². The molecule has 1 unspecified atom stereocenters. The number of carbonyl (C=O) groups is 1. The minimum absolute atomic E-state index is 0. The molecular weight excluding hydrogens is 481 g/mol. The molecule has 3 aromatic carbocycles. The van der Waals surface area contributed by atoms with Crippen LogP contribution in [-0.4, -0.2) is 28.6 Å². The number of aromatic nitrogens is 2. The molecule has 2 heterocycles. The molecule has 5 nitrogen and oxygen atoms in total. The number of nitrogens with zero attached hydrogens (tertiary/aromatic N) is 3. The van der Waals surface area contributed by atoms with Crippen molar-refractivity contribution in [2.24, 2.45) is 0 Å². The van der Waals surface area contributed by atoms with Crippen molar-refractivity contribution < 1.29 is 9.53 Å². The second-order valence-electron chi connectivity index (χ2n) is 8.92. The lowest BCUT2D eigenvalue weighted by molar-refractivity contribution is -0.117. The molecule has 0 bridgehead atoms. The molecule has 35 heavy (non-hydrogen) atoms. The Bertz CT molecular complexity index is 1330. The van der Waals surface area contributed by atoms with Crippen molar-refractivity contribution >= 4 is 46.6 Å². The Morgan fingerprint density at radius 3 is 2.54 bits per heavy atom. The first-order valence-corrected chi connectivity index (χ1v) is 12.1. The van der Waals surface area contributed by atoms with E-state index in [2.05, 4.69) is 42.7 Å². The normalized spacial score (nSPS) is 15.5. The van der Waals surface area contributed by atoms with Crippen LogP contribution in [0.25, 0.3) is 11.0 Å². The van der Waals surface area contributed by atoms with Crippen LogP contribution in [0.2, 0.25) is 5.02 Å². The summed E-state index contributed by atoms with van der Waals surface area (Å²) >= 11 is 6.17. The molecule has 0 aliphatic carbocycles. The lowest BCUT2D eigenvalue weighted by atomic mass is 10.1. The first kappa shape index (κ1) is 25.1. The number of imidazole rings is 1. The quantitative estimate of drug-likeness (QED) is 0.260. The van der Waals surface area contributed by atoms with Crippen LogP contribution in [0, 0.1) is 13.8 Å². The molecule has 1 saturated heterocycles. The molecule has 0 N–H and O–H groups in total. The van der Waals surface area contributed by atoms with Crippen LogP contribution < -0.4 is 9.64 Å². The highest BCUT2D eigenvalue weighted by Crippen LogP contribution is 2.34. The number of aryl methyl sites for hydroxylation is 3. The van der Waals surface area contributed by atoms with Crippen molar-refractivity contribution in [3.8, 4) is 5.75 Å². The molecule has 1 amide bonds. The van der Waals surface area contributed by atoms with E-state index < -0.39 is 0 Å². The van der Waals surface area contributed by atoms with Gasteiger partial charge in [-0.1, -0.05) is 48.0 Å². The van der Waals surface area contributed by atoms with E-state index in [4.69, 9.17) is 21.3 Å². The minimum Gasteiger partial charge on any atom is -0.493 e. The number of hydrogen-bond donors (Lipinski definition) is 0. The molecule has 1 aliphatic heterocycles. The predicted molar refractivity (Wildman–Crippen MR) is 144 cm³/mol. The number of rotatable bonds is 7. The summed E-state index contributed by atoms with van der Waals surface area (Å²) in [6.07, 6.45) is 1.29. The van der Waals surface area contributed by atoms with Crippen LogP contribution in [0.15, 0.2) is 66.7 Å².